The Hall–Kier alpha value is -1.29. The second-order valence-electron chi connectivity index (χ2n) is 4.47. The van der Waals surface area contributed by atoms with E-state index in [0.29, 0.717) is 11.3 Å². The molecule has 0 saturated carbocycles. The van der Waals surface area contributed by atoms with Gasteiger partial charge < -0.3 is 4.90 Å². The van der Waals surface area contributed by atoms with Crippen molar-refractivity contribution in [2.45, 2.75) is 19.1 Å². The van der Waals surface area contributed by atoms with Crippen molar-refractivity contribution in [2.24, 2.45) is 0 Å². The molecule has 1 unspecified atom stereocenters. The van der Waals surface area contributed by atoms with Gasteiger partial charge in [-0.15, -0.1) is 11.8 Å². The number of ketones is 1. The fraction of sp³-hybridized carbons (Fsp3) is 0.429. The number of amides is 1. The molecule has 0 fully saturated rings. The molecule has 0 aliphatic carbocycles. The minimum Gasteiger partial charge on any atom is -0.348 e. The Morgan fingerprint density at radius 2 is 1.78 bits per heavy atom. The zero-order valence-corrected chi connectivity index (χ0v) is 12.1. The highest BCUT2D eigenvalue weighted by atomic mass is 32.2. The predicted molar refractivity (Wildman–Crippen MR) is 76.1 cm³/mol. The molecule has 3 nitrogen and oxygen atoms in total. The van der Waals surface area contributed by atoms with Crippen LogP contribution in [0.5, 0.6) is 0 Å². The molecule has 0 radical (unpaired) electrons. The van der Waals surface area contributed by atoms with Crippen LogP contribution >= 0.6 is 11.8 Å². The summed E-state index contributed by atoms with van der Waals surface area (Å²) in [5.41, 5.74) is 1.84. The van der Waals surface area contributed by atoms with Crippen LogP contribution in [-0.4, -0.2) is 41.7 Å². The van der Waals surface area contributed by atoms with Gasteiger partial charge in [0.25, 0.3) is 0 Å². The van der Waals surface area contributed by atoms with Crippen molar-refractivity contribution >= 4 is 23.5 Å². The van der Waals surface area contributed by atoms with Gasteiger partial charge in [-0.3, -0.25) is 9.59 Å². The summed E-state index contributed by atoms with van der Waals surface area (Å²) in [6.07, 6.45) is 0. The summed E-state index contributed by atoms with van der Waals surface area (Å²) >= 11 is 1.38. The van der Waals surface area contributed by atoms with Gasteiger partial charge in [0.15, 0.2) is 5.78 Å². The molecule has 0 saturated heterocycles. The fourth-order valence-electron chi connectivity index (χ4n) is 1.35. The number of thioether (sulfide) groups is 1. The SMILES string of the molecule is Cc1ccc(C(=O)C(C)SCC(=O)N(C)C)cc1. The van der Waals surface area contributed by atoms with E-state index in [9.17, 15) is 9.59 Å². The Bertz CT molecular complexity index is 426. The number of carbonyl (C=O) groups is 2. The summed E-state index contributed by atoms with van der Waals surface area (Å²) in [5.74, 6) is 0.446. The van der Waals surface area contributed by atoms with Crippen molar-refractivity contribution in [3.63, 3.8) is 0 Å². The number of rotatable bonds is 5. The van der Waals surface area contributed by atoms with Crippen molar-refractivity contribution in [2.75, 3.05) is 19.8 Å². The van der Waals surface area contributed by atoms with Crippen molar-refractivity contribution in [1.82, 2.24) is 4.90 Å². The summed E-state index contributed by atoms with van der Waals surface area (Å²) in [5, 5.41) is -0.198. The highest BCUT2D eigenvalue weighted by Gasteiger charge is 2.17. The zero-order valence-electron chi connectivity index (χ0n) is 11.3. The van der Waals surface area contributed by atoms with Gasteiger partial charge in [-0.25, -0.2) is 0 Å². The minimum atomic E-state index is -0.198. The summed E-state index contributed by atoms with van der Waals surface area (Å²) in [6, 6.07) is 7.52. The van der Waals surface area contributed by atoms with Crippen LogP contribution < -0.4 is 0 Å². The Labute approximate surface area is 113 Å². The lowest BCUT2D eigenvalue weighted by Crippen LogP contribution is -2.25. The smallest absolute Gasteiger partial charge is 0.232 e. The summed E-state index contributed by atoms with van der Waals surface area (Å²) in [4.78, 5) is 25.1. The lowest BCUT2D eigenvalue weighted by molar-refractivity contribution is -0.125. The van der Waals surface area contributed by atoms with E-state index >= 15 is 0 Å². The van der Waals surface area contributed by atoms with Crippen molar-refractivity contribution in [1.29, 1.82) is 0 Å². The molecule has 0 bridgehead atoms. The number of aryl methyl sites for hydroxylation is 1. The highest BCUT2D eigenvalue weighted by Crippen LogP contribution is 2.17. The van der Waals surface area contributed by atoms with E-state index in [2.05, 4.69) is 0 Å². The normalized spacial score (nSPS) is 12.0. The summed E-state index contributed by atoms with van der Waals surface area (Å²) in [7, 11) is 3.44. The first-order valence-electron chi connectivity index (χ1n) is 5.84. The number of hydrogen-bond donors (Lipinski definition) is 0. The number of Topliss-reactive ketones (excluding diaryl/α,β-unsaturated/α-hetero) is 1. The molecular weight excluding hydrogens is 246 g/mol. The largest absolute Gasteiger partial charge is 0.348 e. The van der Waals surface area contributed by atoms with E-state index in [4.69, 9.17) is 0 Å². The molecule has 1 atom stereocenters. The molecule has 1 aromatic rings. The third kappa shape index (κ3) is 4.18. The molecule has 18 heavy (non-hydrogen) atoms. The van der Waals surface area contributed by atoms with Crippen LogP contribution in [0.1, 0.15) is 22.8 Å². The molecule has 0 heterocycles. The molecule has 1 aromatic carbocycles. The van der Waals surface area contributed by atoms with E-state index in [1.54, 1.807) is 14.1 Å². The van der Waals surface area contributed by atoms with E-state index in [-0.39, 0.29) is 16.9 Å². The molecule has 1 rings (SSSR count). The van der Waals surface area contributed by atoms with Gasteiger partial charge in [-0.1, -0.05) is 29.8 Å². The molecule has 1 amide bonds. The second-order valence-corrected chi connectivity index (χ2v) is 5.80. The summed E-state index contributed by atoms with van der Waals surface area (Å²) in [6.45, 7) is 3.83. The molecular formula is C14H19NO2S. The van der Waals surface area contributed by atoms with Crippen LogP contribution in [0.3, 0.4) is 0 Å². The minimum absolute atomic E-state index is 0.0311. The van der Waals surface area contributed by atoms with Crippen molar-refractivity contribution in [3.8, 4) is 0 Å². The first-order chi connectivity index (χ1) is 8.41. The number of benzene rings is 1. The molecule has 0 aliphatic heterocycles. The zero-order chi connectivity index (χ0) is 13.7. The average molecular weight is 265 g/mol. The maximum atomic E-state index is 12.1. The molecule has 0 aromatic heterocycles. The number of nitrogens with zero attached hydrogens (tertiary/aromatic N) is 1. The topological polar surface area (TPSA) is 37.4 Å². The van der Waals surface area contributed by atoms with Crippen LogP contribution in [-0.2, 0) is 4.79 Å². The van der Waals surface area contributed by atoms with Gasteiger partial charge in [-0.2, -0.15) is 0 Å². The molecule has 0 spiro atoms. The van der Waals surface area contributed by atoms with Gasteiger partial charge in [0.2, 0.25) is 5.91 Å². The molecule has 0 aliphatic rings. The van der Waals surface area contributed by atoms with Crippen LogP contribution in [0.15, 0.2) is 24.3 Å². The Balaban J connectivity index is 2.56. The van der Waals surface area contributed by atoms with Crippen LogP contribution in [0.4, 0.5) is 0 Å². The van der Waals surface area contributed by atoms with Gasteiger partial charge in [-0.05, 0) is 13.8 Å². The van der Waals surface area contributed by atoms with Crippen molar-refractivity contribution < 1.29 is 9.59 Å². The third-order valence-corrected chi connectivity index (χ3v) is 3.79. The molecule has 4 heteroatoms. The Morgan fingerprint density at radius 1 is 1.22 bits per heavy atom. The first kappa shape index (κ1) is 14.8. The monoisotopic (exact) mass is 265 g/mol. The van der Waals surface area contributed by atoms with Crippen LogP contribution in [0.2, 0.25) is 0 Å². The fourth-order valence-corrected chi connectivity index (χ4v) is 2.29. The van der Waals surface area contributed by atoms with E-state index in [0.717, 1.165) is 5.56 Å². The van der Waals surface area contributed by atoms with Crippen LogP contribution in [0, 0.1) is 6.92 Å². The van der Waals surface area contributed by atoms with Gasteiger partial charge in [0, 0.05) is 19.7 Å². The lowest BCUT2D eigenvalue weighted by atomic mass is 10.1. The van der Waals surface area contributed by atoms with Gasteiger partial charge in [0.05, 0.1) is 11.0 Å². The van der Waals surface area contributed by atoms with Gasteiger partial charge >= 0.3 is 0 Å². The Morgan fingerprint density at radius 3 is 2.28 bits per heavy atom. The average Bonchev–Trinajstić information content (AvgIpc) is 2.35. The van der Waals surface area contributed by atoms with E-state index in [1.807, 2.05) is 38.1 Å². The predicted octanol–water partition coefficient (Wildman–Crippen LogP) is 2.39. The summed E-state index contributed by atoms with van der Waals surface area (Å²) < 4.78 is 0. The quantitative estimate of drug-likeness (QED) is 0.767. The number of carbonyl (C=O) groups excluding carboxylic acids is 2. The second kappa shape index (κ2) is 6.59. The molecule has 0 N–H and O–H groups in total. The standard InChI is InChI=1S/C14H19NO2S/c1-10-5-7-12(8-6-10)14(17)11(2)18-9-13(16)15(3)4/h5-8,11H,9H2,1-4H3. The van der Waals surface area contributed by atoms with Gasteiger partial charge in [0.1, 0.15) is 0 Å². The first-order valence-corrected chi connectivity index (χ1v) is 6.89. The van der Waals surface area contributed by atoms with E-state index in [1.165, 1.54) is 16.7 Å². The highest BCUT2D eigenvalue weighted by molar-refractivity contribution is 8.01. The lowest BCUT2D eigenvalue weighted by Gasteiger charge is -2.13. The van der Waals surface area contributed by atoms with E-state index < -0.39 is 0 Å². The third-order valence-electron chi connectivity index (χ3n) is 2.66. The maximum absolute atomic E-state index is 12.1. The van der Waals surface area contributed by atoms with Crippen LogP contribution in [0.25, 0.3) is 0 Å². The number of hydrogen-bond acceptors (Lipinski definition) is 3. The Kier molecular flexibility index (Phi) is 5.41. The maximum Gasteiger partial charge on any atom is 0.232 e. The van der Waals surface area contributed by atoms with Crippen molar-refractivity contribution in [3.05, 3.63) is 35.4 Å². The molecule has 98 valence electrons.